The Balaban J connectivity index is 1.30. The Morgan fingerprint density at radius 1 is 1.10 bits per heavy atom. The Bertz CT molecular complexity index is 1100. The van der Waals surface area contributed by atoms with Gasteiger partial charge in [0.15, 0.2) is 0 Å². The van der Waals surface area contributed by atoms with Gasteiger partial charge in [0.25, 0.3) is 5.91 Å². The van der Waals surface area contributed by atoms with Crippen molar-refractivity contribution in [1.82, 2.24) is 19.7 Å². The molecule has 0 radical (unpaired) electrons. The fourth-order valence-corrected chi connectivity index (χ4v) is 5.03. The normalized spacial score (nSPS) is 17.0. The van der Waals surface area contributed by atoms with E-state index in [1.807, 2.05) is 46.1 Å². The molecule has 0 bridgehead atoms. The van der Waals surface area contributed by atoms with Crippen molar-refractivity contribution in [2.75, 3.05) is 13.1 Å². The minimum Gasteiger partial charge on any atom is -0.338 e. The minimum absolute atomic E-state index is 0.0649. The molecule has 4 aromatic rings. The molecule has 0 saturated carbocycles. The van der Waals surface area contributed by atoms with Crippen LogP contribution in [0.25, 0.3) is 10.2 Å². The second-order valence-corrected chi connectivity index (χ2v) is 8.58. The highest BCUT2D eigenvalue weighted by Crippen LogP contribution is 2.33. The average molecular weight is 403 g/mol. The first kappa shape index (κ1) is 18.1. The predicted molar refractivity (Wildman–Crippen MR) is 115 cm³/mol. The van der Waals surface area contributed by atoms with Gasteiger partial charge in [-0.25, -0.2) is 4.98 Å². The molecule has 0 aliphatic carbocycles. The standard InChI is InChI=1S/C23H22N4OS/c28-23(19-13-24-27(16-19)14-17-7-2-1-3-8-17)26-12-6-9-18(15-26)22-25-20-10-4-5-11-21(20)29-22/h1-5,7-8,10-11,13,16,18H,6,9,12,14-15H2/t18-/m0/s1. The summed E-state index contributed by atoms with van der Waals surface area (Å²) in [6.07, 6.45) is 5.63. The third kappa shape index (κ3) is 3.80. The zero-order valence-electron chi connectivity index (χ0n) is 16.1. The van der Waals surface area contributed by atoms with Crippen molar-refractivity contribution in [3.8, 4) is 0 Å². The van der Waals surface area contributed by atoms with E-state index in [-0.39, 0.29) is 5.91 Å². The summed E-state index contributed by atoms with van der Waals surface area (Å²) < 4.78 is 3.05. The molecule has 2 aromatic carbocycles. The SMILES string of the molecule is O=C(c1cnn(Cc2ccccc2)c1)N1CCC[C@H](c2nc3ccccc3s2)C1. The quantitative estimate of drug-likeness (QED) is 0.503. The highest BCUT2D eigenvalue weighted by molar-refractivity contribution is 7.18. The van der Waals surface area contributed by atoms with Gasteiger partial charge in [-0.2, -0.15) is 5.10 Å². The van der Waals surface area contributed by atoms with Crippen LogP contribution >= 0.6 is 11.3 Å². The summed E-state index contributed by atoms with van der Waals surface area (Å²) in [6.45, 7) is 2.19. The molecule has 5 nitrogen and oxygen atoms in total. The van der Waals surface area contributed by atoms with Crippen molar-refractivity contribution in [2.45, 2.75) is 25.3 Å². The predicted octanol–water partition coefficient (Wildman–Crippen LogP) is 4.56. The van der Waals surface area contributed by atoms with Gasteiger partial charge in [-0.05, 0) is 30.5 Å². The number of hydrogen-bond donors (Lipinski definition) is 0. The number of aromatic nitrogens is 3. The highest BCUT2D eigenvalue weighted by Gasteiger charge is 2.28. The lowest BCUT2D eigenvalue weighted by atomic mass is 9.98. The van der Waals surface area contributed by atoms with Crippen LogP contribution in [0.5, 0.6) is 0 Å². The number of benzene rings is 2. The number of para-hydroxylation sites is 1. The van der Waals surface area contributed by atoms with Crippen molar-refractivity contribution < 1.29 is 4.79 Å². The van der Waals surface area contributed by atoms with Gasteiger partial charge in [0.05, 0.1) is 33.5 Å². The van der Waals surface area contributed by atoms with Gasteiger partial charge in [0.2, 0.25) is 0 Å². The zero-order valence-corrected chi connectivity index (χ0v) is 16.9. The molecule has 29 heavy (non-hydrogen) atoms. The lowest BCUT2D eigenvalue weighted by molar-refractivity contribution is 0.0707. The first-order valence-corrected chi connectivity index (χ1v) is 10.8. The lowest BCUT2D eigenvalue weighted by Crippen LogP contribution is -2.39. The van der Waals surface area contributed by atoms with Gasteiger partial charge >= 0.3 is 0 Å². The van der Waals surface area contributed by atoms with E-state index in [2.05, 4.69) is 29.4 Å². The fraction of sp³-hybridized carbons (Fsp3) is 0.261. The molecule has 1 saturated heterocycles. The molecule has 1 aliphatic rings. The molecule has 5 rings (SSSR count). The van der Waals surface area contributed by atoms with E-state index in [0.29, 0.717) is 18.0 Å². The van der Waals surface area contributed by atoms with Gasteiger partial charge in [-0.1, -0.05) is 42.5 Å². The monoisotopic (exact) mass is 402 g/mol. The van der Waals surface area contributed by atoms with E-state index in [4.69, 9.17) is 4.98 Å². The topological polar surface area (TPSA) is 51.0 Å². The van der Waals surface area contributed by atoms with Crippen LogP contribution in [0.15, 0.2) is 67.0 Å². The molecule has 1 aliphatic heterocycles. The van der Waals surface area contributed by atoms with Crippen molar-refractivity contribution in [1.29, 1.82) is 0 Å². The maximum atomic E-state index is 13.1. The van der Waals surface area contributed by atoms with E-state index in [9.17, 15) is 4.79 Å². The Hall–Kier alpha value is -2.99. The van der Waals surface area contributed by atoms with Crippen LogP contribution in [0, 0.1) is 0 Å². The molecule has 0 spiro atoms. The van der Waals surface area contributed by atoms with E-state index < -0.39 is 0 Å². The van der Waals surface area contributed by atoms with Crippen LogP contribution in [0.3, 0.4) is 0 Å². The van der Waals surface area contributed by atoms with Gasteiger partial charge in [0, 0.05) is 25.2 Å². The number of piperidine rings is 1. The number of fused-ring (bicyclic) bond motifs is 1. The van der Waals surface area contributed by atoms with Crippen molar-refractivity contribution in [2.24, 2.45) is 0 Å². The summed E-state index contributed by atoms with van der Waals surface area (Å²) in [4.78, 5) is 19.9. The molecule has 3 heterocycles. The molecule has 1 fully saturated rings. The van der Waals surface area contributed by atoms with E-state index in [0.717, 1.165) is 36.5 Å². The maximum absolute atomic E-state index is 13.1. The number of hydrogen-bond acceptors (Lipinski definition) is 4. The van der Waals surface area contributed by atoms with Crippen molar-refractivity contribution in [3.63, 3.8) is 0 Å². The first-order valence-electron chi connectivity index (χ1n) is 9.97. The molecule has 1 atom stereocenters. The summed E-state index contributed by atoms with van der Waals surface area (Å²) in [5.74, 6) is 0.375. The Morgan fingerprint density at radius 3 is 2.79 bits per heavy atom. The Kier molecular flexibility index (Phi) is 4.86. The number of carbonyl (C=O) groups is 1. The van der Waals surface area contributed by atoms with Crippen molar-refractivity contribution >= 4 is 27.5 Å². The van der Waals surface area contributed by atoms with Crippen molar-refractivity contribution in [3.05, 3.63) is 83.1 Å². The molecular formula is C23H22N4OS. The van der Waals surface area contributed by atoms with Gasteiger partial charge in [-0.3, -0.25) is 9.48 Å². The maximum Gasteiger partial charge on any atom is 0.257 e. The highest BCUT2D eigenvalue weighted by atomic mass is 32.1. The summed E-state index contributed by atoms with van der Waals surface area (Å²) in [7, 11) is 0. The average Bonchev–Trinajstić information content (AvgIpc) is 3.41. The molecular weight excluding hydrogens is 380 g/mol. The zero-order chi connectivity index (χ0) is 19.6. The second kappa shape index (κ2) is 7.79. The molecule has 0 N–H and O–H groups in total. The molecule has 6 heteroatoms. The number of amides is 1. The van der Waals surface area contributed by atoms with Crippen LogP contribution in [-0.4, -0.2) is 38.7 Å². The van der Waals surface area contributed by atoms with Gasteiger partial charge < -0.3 is 4.90 Å². The van der Waals surface area contributed by atoms with Crippen LogP contribution in [0.2, 0.25) is 0 Å². The lowest BCUT2D eigenvalue weighted by Gasteiger charge is -2.31. The summed E-state index contributed by atoms with van der Waals surface area (Å²) >= 11 is 1.75. The summed E-state index contributed by atoms with van der Waals surface area (Å²) in [5.41, 5.74) is 2.88. The Morgan fingerprint density at radius 2 is 1.93 bits per heavy atom. The number of nitrogens with zero attached hydrogens (tertiary/aromatic N) is 4. The van der Waals surface area contributed by atoms with Gasteiger partial charge in [0.1, 0.15) is 0 Å². The minimum atomic E-state index is 0.0649. The number of carbonyl (C=O) groups excluding carboxylic acids is 1. The molecule has 0 unspecified atom stereocenters. The molecule has 1 amide bonds. The smallest absolute Gasteiger partial charge is 0.257 e. The number of thiazole rings is 1. The van der Waals surface area contributed by atoms with E-state index in [1.165, 1.54) is 10.3 Å². The van der Waals surface area contributed by atoms with E-state index >= 15 is 0 Å². The summed E-state index contributed by atoms with van der Waals surface area (Å²) in [6, 6.07) is 18.4. The molecule has 146 valence electrons. The van der Waals surface area contributed by atoms with Crippen LogP contribution < -0.4 is 0 Å². The number of likely N-dealkylation sites (tertiary alicyclic amines) is 1. The van der Waals surface area contributed by atoms with Crippen LogP contribution in [-0.2, 0) is 6.54 Å². The van der Waals surface area contributed by atoms with Crippen LogP contribution in [0.4, 0.5) is 0 Å². The second-order valence-electron chi connectivity index (χ2n) is 7.52. The largest absolute Gasteiger partial charge is 0.338 e. The first-order chi connectivity index (χ1) is 14.3. The Labute approximate surface area is 173 Å². The number of rotatable bonds is 4. The van der Waals surface area contributed by atoms with Gasteiger partial charge in [-0.15, -0.1) is 11.3 Å². The van der Waals surface area contributed by atoms with Crippen LogP contribution in [0.1, 0.15) is 39.7 Å². The summed E-state index contributed by atoms with van der Waals surface area (Å²) in [5, 5.41) is 5.53. The van der Waals surface area contributed by atoms with E-state index in [1.54, 1.807) is 17.5 Å². The molecule has 2 aromatic heterocycles. The third-order valence-electron chi connectivity index (χ3n) is 5.44. The third-order valence-corrected chi connectivity index (χ3v) is 6.63. The fourth-order valence-electron chi connectivity index (χ4n) is 3.94.